The Bertz CT molecular complexity index is 615. The van der Waals surface area contributed by atoms with Crippen molar-refractivity contribution < 1.29 is 9.52 Å². The second-order valence-corrected chi connectivity index (χ2v) is 3.50. The van der Waals surface area contributed by atoms with E-state index in [4.69, 9.17) is 4.42 Å². The molecule has 0 bridgehead atoms. The Hall–Kier alpha value is -1.69. The van der Waals surface area contributed by atoms with Crippen LogP contribution in [0.4, 0.5) is 0 Å². The molecule has 0 fully saturated rings. The third-order valence-corrected chi connectivity index (χ3v) is 2.43. The van der Waals surface area contributed by atoms with Crippen LogP contribution in [0.1, 0.15) is 0 Å². The van der Waals surface area contributed by atoms with Gasteiger partial charge in [-0.15, -0.1) is 0 Å². The summed E-state index contributed by atoms with van der Waals surface area (Å²) in [5.41, 5.74) is 2.13. The summed E-state index contributed by atoms with van der Waals surface area (Å²) in [7, 11) is 0. The second kappa shape index (κ2) is 4.66. The molecule has 0 unspecified atom stereocenters. The van der Waals surface area contributed by atoms with E-state index in [0.29, 0.717) is 11.5 Å². The number of fused-ring (bicyclic) bond motifs is 1. The van der Waals surface area contributed by atoms with Gasteiger partial charge in [-0.1, -0.05) is 24.3 Å². The number of para-hydroxylation sites is 3. The molecule has 0 saturated carbocycles. The van der Waals surface area contributed by atoms with Crippen LogP contribution in [-0.4, -0.2) is 29.0 Å². The van der Waals surface area contributed by atoms with Crippen LogP contribution in [0.3, 0.4) is 0 Å². The van der Waals surface area contributed by atoms with Crippen molar-refractivity contribution in [3.05, 3.63) is 48.5 Å². The Morgan fingerprint density at radius 3 is 2.41 bits per heavy atom. The van der Waals surface area contributed by atoms with Crippen LogP contribution in [0.25, 0.3) is 22.6 Å². The number of phenols is 1. The van der Waals surface area contributed by atoms with Crippen LogP contribution in [0, 0.1) is 0 Å². The van der Waals surface area contributed by atoms with E-state index in [2.05, 4.69) is 4.98 Å². The molecule has 0 saturated heterocycles. The van der Waals surface area contributed by atoms with Gasteiger partial charge in [-0.3, -0.25) is 0 Å². The maximum atomic E-state index is 9.69. The van der Waals surface area contributed by atoms with Gasteiger partial charge in [0.05, 0.1) is 5.56 Å². The molecule has 0 aliphatic rings. The maximum absolute atomic E-state index is 9.69. The third kappa shape index (κ3) is 2.08. The average molecular weight is 218 g/mol. The summed E-state index contributed by atoms with van der Waals surface area (Å²) in [6, 6.07) is 14.5. The summed E-state index contributed by atoms with van der Waals surface area (Å²) in [5, 5.41) is 9.69. The van der Waals surface area contributed by atoms with Crippen LogP contribution < -0.4 is 0 Å². The Morgan fingerprint density at radius 1 is 0.941 bits per heavy atom. The smallest absolute Gasteiger partial charge is 0.231 e. The van der Waals surface area contributed by atoms with E-state index in [1.807, 2.05) is 30.3 Å². The van der Waals surface area contributed by atoms with E-state index < -0.39 is 0 Å². The summed E-state index contributed by atoms with van der Waals surface area (Å²) in [5.74, 6) is 0.619. The Labute approximate surface area is 110 Å². The van der Waals surface area contributed by atoms with Gasteiger partial charge in [0.15, 0.2) is 5.58 Å². The van der Waals surface area contributed by atoms with Crippen LogP contribution in [-0.2, 0) is 0 Å². The third-order valence-electron chi connectivity index (χ3n) is 2.43. The summed E-state index contributed by atoms with van der Waals surface area (Å²) >= 11 is 0. The van der Waals surface area contributed by atoms with Crippen molar-refractivity contribution in [3.8, 4) is 17.2 Å². The molecule has 4 heteroatoms. The molecule has 1 heterocycles. The van der Waals surface area contributed by atoms with Crippen LogP contribution >= 0.6 is 0 Å². The Balaban J connectivity index is 0.00000108. The first kappa shape index (κ1) is 11.8. The van der Waals surface area contributed by atoms with Gasteiger partial charge < -0.3 is 9.52 Å². The van der Waals surface area contributed by atoms with Crippen molar-refractivity contribution in [2.24, 2.45) is 0 Å². The molecule has 3 rings (SSSR count). The fourth-order valence-corrected chi connectivity index (χ4v) is 1.64. The van der Waals surface area contributed by atoms with Crippen LogP contribution in [0.15, 0.2) is 52.9 Å². The number of aromatic nitrogens is 1. The zero-order chi connectivity index (χ0) is 11.0. The Morgan fingerprint density at radius 2 is 1.65 bits per heavy atom. The van der Waals surface area contributed by atoms with Crippen molar-refractivity contribution in [3.63, 3.8) is 0 Å². The van der Waals surface area contributed by atoms with Gasteiger partial charge in [-0.2, -0.15) is 0 Å². The van der Waals surface area contributed by atoms with E-state index in [-0.39, 0.29) is 24.6 Å². The van der Waals surface area contributed by atoms with Crippen molar-refractivity contribution in [1.29, 1.82) is 0 Å². The van der Waals surface area contributed by atoms with Gasteiger partial charge in [0.1, 0.15) is 11.3 Å². The summed E-state index contributed by atoms with van der Waals surface area (Å²) in [4.78, 5) is 4.32. The average Bonchev–Trinajstić information content (AvgIpc) is 2.73. The van der Waals surface area contributed by atoms with Crippen molar-refractivity contribution in [1.82, 2.24) is 4.98 Å². The molecule has 1 aromatic heterocycles. The monoisotopic (exact) mass is 218 g/mol. The van der Waals surface area contributed by atoms with Gasteiger partial charge in [0.2, 0.25) is 5.89 Å². The Kier molecular flexibility index (Phi) is 3.23. The number of benzene rings is 2. The van der Waals surface area contributed by atoms with Gasteiger partial charge in [0, 0.05) is 18.9 Å². The number of aromatic hydroxyl groups is 1. The molecule has 0 atom stereocenters. The van der Waals surface area contributed by atoms with E-state index >= 15 is 0 Å². The first-order chi connectivity index (χ1) is 7.84. The van der Waals surface area contributed by atoms with E-state index in [9.17, 15) is 5.11 Å². The first-order valence-electron chi connectivity index (χ1n) is 4.98. The maximum Gasteiger partial charge on any atom is 0.231 e. The number of rotatable bonds is 1. The topological polar surface area (TPSA) is 46.3 Å². The molecule has 0 spiro atoms. The van der Waals surface area contributed by atoms with Crippen molar-refractivity contribution in [2.75, 3.05) is 0 Å². The zero-order valence-corrected chi connectivity index (χ0v) is 9.42. The molecule has 17 heavy (non-hydrogen) atoms. The molecule has 1 N–H and O–H groups in total. The fraction of sp³-hybridized carbons (Fsp3) is 0. The predicted molar refractivity (Wildman–Crippen MR) is 66.9 cm³/mol. The predicted octanol–water partition coefficient (Wildman–Crippen LogP) is 2.82. The number of phenolic OH excluding ortho intramolecular Hbond substituents is 1. The molecule has 3 nitrogen and oxygen atoms in total. The van der Waals surface area contributed by atoms with E-state index in [1.54, 1.807) is 18.2 Å². The summed E-state index contributed by atoms with van der Waals surface area (Å²) in [6.07, 6.45) is 0. The fourth-order valence-electron chi connectivity index (χ4n) is 1.64. The second-order valence-electron chi connectivity index (χ2n) is 3.50. The van der Waals surface area contributed by atoms with Crippen LogP contribution in [0.5, 0.6) is 5.75 Å². The van der Waals surface area contributed by atoms with Crippen molar-refractivity contribution in [2.45, 2.75) is 0 Å². The van der Waals surface area contributed by atoms with Crippen molar-refractivity contribution >= 4 is 30.0 Å². The minimum absolute atomic E-state index is 0. The van der Waals surface area contributed by atoms with E-state index in [0.717, 1.165) is 11.1 Å². The molecule has 0 aliphatic carbocycles. The van der Waals surface area contributed by atoms with Gasteiger partial charge in [-0.25, -0.2) is 4.98 Å². The molecule has 0 amide bonds. The molecular weight excluding hydrogens is 209 g/mol. The van der Waals surface area contributed by atoms with Gasteiger partial charge >= 0.3 is 0 Å². The number of hydrogen-bond donors (Lipinski definition) is 1. The summed E-state index contributed by atoms with van der Waals surface area (Å²) < 4.78 is 5.56. The quantitative estimate of drug-likeness (QED) is 0.639. The molecule has 3 aromatic rings. The summed E-state index contributed by atoms with van der Waals surface area (Å²) in [6.45, 7) is 0. The largest absolute Gasteiger partial charge is 0.507 e. The standard InChI is InChI=1S/C13H9NO2.Li/c15-11-7-3-1-5-9(11)13-14-10-6-2-4-8-12(10)16-13;/h1-8,15H;. The first-order valence-corrected chi connectivity index (χ1v) is 4.98. The zero-order valence-electron chi connectivity index (χ0n) is 9.42. The van der Waals surface area contributed by atoms with Gasteiger partial charge in [-0.05, 0) is 24.3 Å². The van der Waals surface area contributed by atoms with Gasteiger partial charge in [0.25, 0.3) is 0 Å². The van der Waals surface area contributed by atoms with Crippen LogP contribution in [0.2, 0.25) is 0 Å². The molecule has 79 valence electrons. The normalized spacial score (nSPS) is 10.1. The molecule has 2 aromatic carbocycles. The minimum atomic E-state index is 0. The SMILES string of the molecule is Oc1ccccc1-c1nc2ccccc2o1.[Li]. The molecular formula is C13H9LiNO2. The molecule has 0 aliphatic heterocycles. The van der Waals surface area contributed by atoms with E-state index in [1.165, 1.54) is 0 Å². The molecule has 1 radical (unpaired) electrons. The number of hydrogen-bond acceptors (Lipinski definition) is 3. The number of nitrogens with zero attached hydrogens (tertiary/aromatic N) is 1. The minimum Gasteiger partial charge on any atom is -0.507 e. The number of oxazole rings is 1.